The van der Waals surface area contributed by atoms with Gasteiger partial charge in [-0.2, -0.15) is 0 Å². The molecule has 0 radical (unpaired) electrons. The minimum Gasteiger partial charge on any atom is -0.457 e. The molecule has 4 bridgehead atoms. The van der Waals surface area contributed by atoms with Gasteiger partial charge in [-0.25, -0.2) is 26.7 Å². The molecule has 2 aromatic rings. The van der Waals surface area contributed by atoms with Crippen LogP contribution < -0.4 is 14.6 Å². The first-order valence-electron chi connectivity index (χ1n) is 16.5. The van der Waals surface area contributed by atoms with Gasteiger partial charge in [-0.1, -0.05) is 41.5 Å². The molecule has 0 amide bonds. The Labute approximate surface area is 264 Å². The SMILES string of the molecule is CC(C)C1C2CCC(C2)C1C(C)(C)C1C2CC(NS(=O)(=O)c3ccc(Oc4ccc(S(N)(=O)=O)cc4)cc3)C(C2)C1C(C)C. The summed E-state index contributed by atoms with van der Waals surface area (Å²) in [4.78, 5) is 0.217. The van der Waals surface area contributed by atoms with E-state index >= 15 is 0 Å². The lowest BCUT2D eigenvalue weighted by Gasteiger charge is -2.53. The summed E-state index contributed by atoms with van der Waals surface area (Å²) < 4.78 is 59.2. The van der Waals surface area contributed by atoms with Crippen molar-refractivity contribution in [3.63, 3.8) is 0 Å². The number of benzene rings is 2. The molecule has 0 aromatic heterocycles. The molecule has 4 aliphatic rings. The zero-order valence-electron chi connectivity index (χ0n) is 26.9. The van der Waals surface area contributed by atoms with Gasteiger partial charge in [0.1, 0.15) is 11.5 Å². The molecule has 2 aromatic carbocycles. The number of hydrogen-bond donors (Lipinski definition) is 2. The number of primary sulfonamides is 1. The third-order valence-electron chi connectivity index (χ3n) is 12.1. The zero-order chi connectivity index (χ0) is 31.8. The maximum atomic E-state index is 13.6. The molecule has 0 heterocycles. The lowest BCUT2D eigenvalue weighted by atomic mass is 9.52. The number of sulfonamides is 2. The van der Waals surface area contributed by atoms with Crippen LogP contribution in [0.4, 0.5) is 0 Å². The smallest absolute Gasteiger partial charge is 0.240 e. The molecule has 44 heavy (non-hydrogen) atoms. The summed E-state index contributed by atoms with van der Waals surface area (Å²) in [6, 6.07) is 12.1. The number of rotatable bonds is 10. The molecule has 9 unspecified atom stereocenters. The largest absolute Gasteiger partial charge is 0.457 e. The van der Waals surface area contributed by atoms with Crippen molar-refractivity contribution in [2.45, 2.75) is 89.5 Å². The highest BCUT2D eigenvalue weighted by Crippen LogP contribution is 2.68. The summed E-state index contributed by atoms with van der Waals surface area (Å²) in [5.41, 5.74) is 0.252. The Morgan fingerprint density at radius 2 is 1.25 bits per heavy atom. The molecule has 0 spiro atoms. The highest BCUT2D eigenvalue weighted by molar-refractivity contribution is 7.89. The van der Waals surface area contributed by atoms with Crippen LogP contribution in [0.1, 0.15) is 73.6 Å². The standard InChI is InChI=1S/C35H50N2O5S2/c1-20(2)31-22-7-8-23(17-22)33(31)35(5,6)34-24-18-29(32(34)21(3)4)30(19-24)37-44(40,41)28-15-11-26(12-16-28)42-25-9-13-27(14-10-25)43(36,38)39/h9-16,20-24,29-34,37H,7-8,17-19H2,1-6H3,(H2,36,38,39). The Hall–Kier alpha value is -1.94. The summed E-state index contributed by atoms with van der Waals surface area (Å²) >= 11 is 0. The van der Waals surface area contributed by atoms with Gasteiger partial charge in [-0.15, -0.1) is 0 Å². The Morgan fingerprint density at radius 3 is 1.80 bits per heavy atom. The average Bonchev–Trinajstić information content (AvgIpc) is 3.73. The number of nitrogens with one attached hydrogen (secondary N) is 1. The zero-order valence-corrected chi connectivity index (χ0v) is 28.6. The first-order chi connectivity index (χ1) is 20.6. The number of ether oxygens (including phenoxy) is 1. The molecular formula is C35H50N2O5S2. The van der Waals surface area contributed by atoms with E-state index in [1.807, 2.05) is 0 Å². The van der Waals surface area contributed by atoms with Crippen molar-refractivity contribution in [3.05, 3.63) is 48.5 Å². The third-order valence-corrected chi connectivity index (χ3v) is 14.6. The fourth-order valence-corrected chi connectivity index (χ4v) is 12.8. The molecule has 0 aliphatic heterocycles. The van der Waals surface area contributed by atoms with Crippen LogP contribution in [0.3, 0.4) is 0 Å². The van der Waals surface area contributed by atoms with Crippen molar-refractivity contribution in [1.29, 1.82) is 0 Å². The van der Waals surface area contributed by atoms with Gasteiger partial charge < -0.3 is 4.74 Å². The van der Waals surface area contributed by atoms with Gasteiger partial charge in [-0.3, -0.25) is 0 Å². The van der Waals surface area contributed by atoms with Crippen molar-refractivity contribution < 1.29 is 21.6 Å². The van der Waals surface area contributed by atoms with Crippen LogP contribution in [0.15, 0.2) is 58.3 Å². The normalized spacial score (nSPS) is 33.5. The van der Waals surface area contributed by atoms with Crippen molar-refractivity contribution in [3.8, 4) is 11.5 Å². The van der Waals surface area contributed by atoms with E-state index in [4.69, 9.17) is 9.88 Å². The molecule has 9 atom stereocenters. The highest BCUT2D eigenvalue weighted by atomic mass is 32.2. The molecule has 4 saturated carbocycles. The molecule has 4 fully saturated rings. The van der Waals surface area contributed by atoms with Crippen LogP contribution in [0.2, 0.25) is 0 Å². The van der Waals surface area contributed by atoms with E-state index in [0.29, 0.717) is 41.1 Å². The fraction of sp³-hybridized carbons (Fsp3) is 0.657. The summed E-state index contributed by atoms with van der Waals surface area (Å²) in [6.07, 6.45) is 6.27. The number of hydrogen-bond acceptors (Lipinski definition) is 5. The Balaban J connectivity index is 1.15. The lowest BCUT2D eigenvalue weighted by molar-refractivity contribution is -0.0471. The Morgan fingerprint density at radius 1 is 0.727 bits per heavy atom. The van der Waals surface area contributed by atoms with Crippen molar-refractivity contribution in [1.82, 2.24) is 4.72 Å². The molecule has 4 aliphatic carbocycles. The van der Waals surface area contributed by atoms with Crippen molar-refractivity contribution in [2.75, 3.05) is 0 Å². The molecule has 0 saturated heterocycles. The van der Waals surface area contributed by atoms with Crippen LogP contribution in [0.5, 0.6) is 11.5 Å². The van der Waals surface area contributed by atoms with Gasteiger partial charge in [0.2, 0.25) is 20.0 Å². The molecule has 7 nitrogen and oxygen atoms in total. The van der Waals surface area contributed by atoms with E-state index in [2.05, 4.69) is 46.3 Å². The quantitative estimate of drug-likeness (QED) is 0.288. The third kappa shape index (κ3) is 5.64. The summed E-state index contributed by atoms with van der Waals surface area (Å²) in [5, 5.41) is 5.16. The minimum absolute atomic E-state index is 0.00198. The average molecular weight is 643 g/mol. The second kappa shape index (κ2) is 11.4. The first kappa shape index (κ1) is 32.0. The van der Waals surface area contributed by atoms with Crippen LogP contribution in [0.25, 0.3) is 0 Å². The monoisotopic (exact) mass is 642 g/mol. The Kier molecular flexibility index (Phi) is 8.29. The van der Waals surface area contributed by atoms with Gasteiger partial charge in [0.25, 0.3) is 0 Å². The van der Waals surface area contributed by atoms with Crippen LogP contribution in [-0.4, -0.2) is 22.9 Å². The van der Waals surface area contributed by atoms with E-state index in [1.165, 1.54) is 43.5 Å². The number of fused-ring (bicyclic) bond motifs is 4. The maximum absolute atomic E-state index is 13.6. The highest BCUT2D eigenvalue weighted by Gasteiger charge is 2.63. The lowest BCUT2D eigenvalue weighted by Crippen LogP contribution is -2.51. The minimum atomic E-state index is -3.79. The van der Waals surface area contributed by atoms with Gasteiger partial charge in [-0.05, 0) is 145 Å². The van der Waals surface area contributed by atoms with E-state index in [0.717, 1.165) is 42.4 Å². The second-order valence-electron chi connectivity index (χ2n) is 15.6. The van der Waals surface area contributed by atoms with Crippen molar-refractivity contribution >= 4 is 20.0 Å². The Bertz CT molecular complexity index is 1570. The van der Waals surface area contributed by atoms with Gasteiger partial charge in [0, 0.05) is 6.04 Å². The van der Waals surface area contributed by atoms with Gasteiger partial charge in [0.05, 0.1) is 9.79 Å². The fourth-order valence-electron chi connectivity index (χ4n) is 11.0. The summed E-state index contributed by atoms with van der Waals surface area (Å²) in [5.74, 6) is 7.52. The summed E-state index contributed by atoms with van der Waals surface area (Å²) in [6.45, 7) is 14.7. The second-order valence-corrected chi connectivity index (χ2v) is 18.8. The van der Waals surface area contributed by atoms with E-state index in [9.17, 15) is 16.8 Å². The maximum Gasteiger partial charge on any atom is 0.240 e. The summed E-state index contributed by atoms with van der Waals surface area (Å²) in [7, 11) is -7.50. The van der Waals surface area contributed by atoms with Crippen LogP contribution in [-0.2, 0) is 20.0 Å². The van der Waals surface area contributed by atoms with E-state index < -0.39 is 20.0 Å². The first-order valence-corrected chi connectivity index (χ1v) is 19.5. The van der Waals surface area contributed by atoms with Crippen molar-refractivity contribution in [2.24, 2.45) is 69.7 Å². The predicted molar refractivity (Wildman–Crippen MR) is 173 cm³/mol. The predicted octanol–water partition coefficient (Wildman–Crippen LogP) is 7.05. The van der Waals surface area contributed by atoms with E-state index in [1.54, 1.807) is 24.3 Å². The molecule has 9 heteroatoms. The number of nitrogens with two attached hydrogens (primary N) is 1. The topological polar surface area (TPSA) is 116 Å². The molecule has 3 N–H and O–H groups in total. The van der Waals surface area contributed by atoms with Gasteiger partial charge in [0.15, 0.2) is 0 Å². The molecular weight excluding hydrogens is 593 g/mol. The van der Waals surface area contributed by atoms with Crippen LogP contribution >= 0.6 is 0 Å². The molecule has 6 rings (SSSR count). The van der Waals surface area contributed by atoms with Gasteiger partial charge >= 0.3 is 0 Å². The molecule has 242 valence electrons. The van der Waals surface area contributed by atoms with E-state index in [-0.39, 0.29) is 21.2 Å². The van der Waals surface area contributed by atoms with Crippen LogP contribution in [0, 0.1) is 64.6 Å².